The quantitative estimate of drug-likeness (QED) is 0.682. The lowest BCUT2D eigenvalue weighted by atomic mass is 10.1. The van der Waals surface area contributed by atoms with Gasteiger partial charge < -0.3 is 16.2 Å². The molecule has 1 aromatic carbocycles. The molecule has 5 nitrogen and oxygen atoms in total. The number of hydrogen-bond donors (Lipinski definition) is 3. The summed E-state index contributed by atoms with van der Waals surface area (Å²) in [7, 11) is 1.64. The second-order valence-electron chi connectivity index (χ2n) is 3.87. The van der Waals surface area contributed by atoms with Gasteiger partial charge in [-0.05, 0) is 30.3 Å². The molecule has 2 aromatic rings. The highest BCUT2D eigenvalue weighted by atomic mass is 16.5. The summed E-state index contributed by atoms with van der Waals surface area (Å²) >= 11 is 0. The maximum absolute atomic E-state index is 5.52. The van der Waals surface area contributed by atoms with Gasteiger partial charge in [-0.25, -0.2) is 0 Å². The van der Waals surface area contributed by atoms with Crippen molar-refractivity contribution in [2.45, 2.75) is 12.6 Å². The number of benzene rings is 1. The van der Waals surface area contributed by atoms with Gasteiger partial charge in [-0.1, -0.05) is 0 Å². The molecule has 0 spiro atoms. The van der Waals surface area contributed by atoms with Crippen molar-refractivity contribution in [2.24, 2.45) is 11.5 Å². The Morgan fingerprint density at radius 1 is 1.29 bits per heavy atom. The summed E-state index contributed by atoms with van der Waals surface area (Å²) < 4.78 is 5.10. The fourth-order valence-corrected chi connectivity index (χ4v) is 1.63. The molecule has 0 aliphatic heterocycles. The van der Waals surface area contributed by atoms with E-state index in [-0.39, 0.29) is 6.17 Å². The van der Waals surface area contributed by atoms with Crippen molar-refractivity contribution in [1.82, 2.24) is 10.2 Å². The molecule has 17 heavy (non-hydrogen) atoms. The number of nitrogens with zero attached hydrogens (tertiary/aromatic N) is 1. The minimum absolute atomic E-state index is 0.362. The van der Waals surface area contributed by atoms with Crippen molar-refractivity contribution in [3.63, 3.8) is 0 Å². The highest BCUT2D eigenvalue weighted by Gasteiger charge is 2.05. The molecule has 0 aliphatic rings. The van der Waals surface area contributed by atoms with E-state index in [0.29, 0.717) is 6.42 Å². The molecule has 0 unspecified atom stereocenters. The smallest absolute Gasteiger partial charge is 0.118 e. The van der Waals surface area contributed by atoms with Crippen LogP contribution in [-0.2, 0) is 6.42 Å². The molecule has 0 fully saturated rings. The van der Waals surface area contributed by atoms with Crippen molar-refractivity contribution >= 4 is 0 Å². The fourth-order valence-electron chi connectivity index (χ4n) is 1.63. The first-order chi connectivity index (χ1) is 8.19. The number of nitrogens with two attached hydrogens (primary N) is 2. The summed E-state index contributed by atoms with van der Waals surface area (Å²) in [5.74, 6) is 0.827. The van der Waals surface area contributed by atoms with Gasteiger partial charge in [0.15, 0.2) is 0 Å². The second-order valence-corrected chi connectivity index (χ2v) is 3.87. The minimum Gasteiger partial charge on any atom is -0.497 e. The third-order valence-corrected chi connectivity index (χ3v) is 2.47. The van der Waals surface area contributed by atoms with Crippen LogP contribution in [-0.4, -0.2) is 23.5 Å². The second kappa shape index (κ2) is 4.99. The van der Waals surface area contributed by atoms with Crippen LogP contribution in [0.4, 0.5) is 0 Å². The van der Waals surface area contributed by atoms with Crippen LogP contribution in [0.1, 0.15) is 5.69 Å². The van der Waals surface area contributed by atoms with Crippen LogP contribution in [0.3, 0.4) is 0 Å². The number of H-pyrrole nitrogens is 1. The maximum Gasteiger partial charge on any atom is 0.118 e. The standard InChI is InChI=1S/C12H16N4O/c1-17-10-4-2-8(3-5-10)11-6-9(15-16-11)7-12(13)14/h2-6,12H,7,13-14H2,1H3,(H,15,16). The Morgan fingerprint density at radius 3 is 2.59 bits per heavy atom. The molecule has 0 atom stereocenters. The van der Waals surface area contributed by atoms with Gasteiger partial charge in [0.25, 0.3) is 0 Å². The first-order valence-corrected chi connectivity index (χ1v) is 5.39. The SMILES string of the molecule is COc1ccc(-c2cc(CC(N)N)[nH]n2)cc1. The molecule has 2 rings (SSSR count). The Kier molecular flexibility index (Phi) is 3.41. The Bertz CT molecular complexity index is 476. The zero-order valence-corrected chi connectivity index (χ0v) is 9.68. The highest BCUT2D eigenvalue weighted by Crippen LogP contribution is 2.21. The third-order valence-electron chi connectivity index (χ3n) is 2.47. The van der Waals surface area contributed by atoms with Gasteiger partial charge >= 0.3 is 0 Å². The molecule has 0 saturated heterocycles. The highest BCUT2D eigenvalue weighted by molar-refractivity contribution is 5.60. The van der Waals surface area contributed by atoms with Gasteiger partial charge in [0, 0.05) is 17.7 Å². The van der Waals surface area contributed by atoms with Gasteiger partial charge in [0.2, 0.25) is 0 Å². The van der Waals surface area contributed by atoms with Crippen LogP contribution in [0.2, 0.25) is 0 Å². The fraction of sp³-hybridized carbons (Fsp3) is 0.250. The minimum atomic E-state index is -0.362. The number of aromatic nitrogens is 2. The van der Waals surface area contributed by atoms with E-state index in [1.54, 1.807) is 7.11 Å². The third kappa shape index (κ3) is 2.83. The molecule has 0 amide bonds. The van der Waals surface area contributed by atoms with Crippen LogP contribution in [0.25, 0.3) is 11.3 Å². The number of ether oxygens (including phenoxy) is 1. The lowest BCUT2D eigenvalue weighted by Crippen LogP contribution is -2.32. The van der Waals surface area contributed by atoms with Crippen LogP contribution in [0.15, 0.2) is 30.3 Å². The molecule has 1 heterocycles. The first-order valence-electron chi connectivity index (χ1n) is 5.39. The summed E-state index contributed by atoms with van der Waals surface area (Å²) in [5.41, 5.74) is 13.9. The van der Waals surface area contributed by atoms with Crippen molar-refractivity contribution in [3.05, 3.63) is 36.0 Å². The van der Waals surface area contributed by atoms with Crippen LogP contribution < -0.4 is 16.2 Å². The molecule has 90 valence electrons. The normalized spacial score (nSPS) is 10.8. The van der Waals surface area contributed by atoms with E-state index in [0.717, 1.165) is 22.7 Å². The Hall–Kier alpha value is -1.85. The van der Waals surface area contributed by atoms with Gasteiger partial charge in [0.05, 0.1) is 19.0 Å². The lowest BCUT2D eigenvalue weighted by molar-refractivity contribution is 0.415. The summed E-state index contributed by atoms with van der Waals surface area (Å²) in [6, 6.07) is 9.67. The maximum atomic E-state index is 5.52. The summed E-state index contributed by atoms with van der Waals surface area (Å²) in [6.45, 7) is 0. The molecule has 0 aliphatic carbocycles. The van der Waals surface area contributed by atoms with Crippen molar-refractivity contribution < 1.29 is 4.74 Å². The van der Waals surface area contributed by atoms with E-state index in [4.69, 9.17) is 16.2 Å². The topological polar surface area (TPSA) is 90.0 Å². The molecule has 1 aromatic heterocycles. The molecule has 0 radical (unpaired) electrons. The first kappa shape index (κ1) is 11.6. The summed E-state index contributed by atoms with van der Waals surface area (Å²) in [6.07, 6.45) is 0.225. The molecular formula is C12H16N4O. The zero-order chi connectivity index (χ0) is 12.3. The van der Waals surface area contributed by atoms with E-state index in [2.05, 4.69) is 10.2 Å². The van der Waals surface area contributed by atoms with Crippen molar-refractivity contribution in [2.75, 3.05) is 7.11 Å². The van der Waals surface area contributed by atoms with E-state index in [9.17, 15) is 0 Å². The zero-order valence-electron chi connectivity index (χ0n) is 9.68. The molecule has 5 N–H and O–H groups in total. The number of aromatic amines is 1. The van der Waals surface area contributed by atoms with Gasteiger partial charge in [0.1, 0.15) is 5.75 Å². The van der Waals surface area contributed by atoms with E-state index in [1.807, 2.05) is 30.3 Å². The van der Waals surface area contributed by atoms with E-state index < -0.39 is 0 Å². The van der Waals surface area contributed by atoms with E-state index in [1.165, 1.54) is 0 Å². The van der Waals surface area contributed by atoms with Gasteiger partial charge in [-0.15, -0.1) is 0 Å². The van der Waals surface area contributed by atoms with Crippen molar-refractivity contribution in [3.8, 4) is 17.0 Å². The summed E-state index contributed by atoms with van der Waals surface area (Å²) in [4.78, 5) is 0. The average Bonchev–Trinajstić information content (AvgIpc) is 2.77. The number of nitrogens with one attached hydrogen (secondary N) is 1. The Balaban J connectivity index is 2.18. The summed E-state index contributed by atoms with van der Waals surface area (Å²) in [5, 5.41) is 7.14. The Labute approximate surface area is 99.8 Å². The van der Waals surface area contributed by atoms with Crippen LogP contribution in [0.5, 0.6) is 5.75 Å². The predicted molar refractivity (Wildman–Crippen MR) is 66.4 cm³/mol. The van der Waals surface area contributed by atoms with Crippen LogP contribution in [0, 0.1) is 0 Å². The van der Waals surface area contributed by atoms with E-state index >= 15 is 0 Å². The van der Waals surface area contributed by atoms with Crippen LogP contribution >= 0.6 is 0 Å². The number of rotatable bonds is 4. The largest absolute Gasteiger partial charge is 0.497 e. The molecule has 0 saturated carbocycles. The molecular weight excluding hydrogens is 216 g/mol. The van der Waals surface area contributed by atoms with Gasteiger partial charge in [-0.3, -0.25) is 5.10 Å². The molecule has 0 bridgehead atoms. The molecule has 5 heteroatoms. The monoisotopic (exact) mass is 232 g/mol. The average molecular weight is 232 g/mol. The number of hydrogen-bond acceptors (Lipinski definition) is 4. The van der Waals surface area contributed by atoms with Crippen molar-refractivity contribution in [1.29, 1.82) is 0 Å². The van der Waals surface area contributed by atoms with Gasteiger partial charge in [-0.2, -0.15) is 5.10 Å². The lowest BCUT2D eigenvalue weighted by Gasteiger charge is -2.01. The Morgan fingerprint density at radius 2 is 2.00 bits per heavy atom. The number of methoxy groups -OCH3 is 1. The predicted octanol–water partition coefficient (Wildman–Crippen LogP) is 0.871.